The van der Waals surface area contributed by atoms with E-state index in [2.05, 4.69) is 4.74 Å². The van der Waals surface area contributed by atoms with Gasteiger partial charge in [0, 0.05) is 6.42 Å². The lowest BCUT2D eigenvalue weighted by molar-refractivity contribution is -0.161. The molecule has 7 heteroatoms. The second-order valence-corrected chi connectivity index (χ2v) is 4.05. The van der Waals surface area contributed by atoms with E-state index in [0.29, 0.717) is 0 Å². The van der Waals surface area contributed by atoms with Gasteiger partial charge in [-0.15, -0.1) is 0 Å². The van der Waals surface area contributed by atoms with Crippen molar-refractivity contribution in [2.24, 2.45) is 17.4 Å². The Bertz CT molecular complexity index is 303. The molecule has 0 saturated heterocycles. The first-order valence-corrected chi connectivity index (χ1v) is 5.24. The van der Waals surface area contributed by atoms with Crippen LogP contribution < -0.4 is 11.5 Å². The van der Waals surface area contributed by atoms with E-state index < -0.39 is 30.0 Å². The second-order valence-electron chi connectivity index (χ2n) is 4.05. The van der Waals surface area contributed by atoms with Crippen LogP contribution in [0.2, 0.25) is 0 Å². The van der Waals surface area contributed by atoms with Gasteiger partial charge in [-0.1, -0.05) is 13.8 Å². The van der Waals surface area contributed by atoms with Crippen molar-refractivity contribution in [3.8, 4) is 0 Å². The number of rotatable bonds is 6. The number of nitrogens with two attached hydrogens (primary N) is 2. The summed E-state index contributed by atoms with van der Waals surface area (Å²) in [5.41, 5.74) is 10.7. The number of carboxylic acids is 1. The van der Waals surface area contributed by atoms with Gasteiger partial charge in [0.2, 0.25) is 0 Å². The van der Waals surface area contributed by atoms with Gasteiger partial charge in [0.25, 0.3) is 0 Å². The maximum atomic E-state index is 11.3. The van der Waals surface area contributed by atoms with Crippen LogP contribution in [-0.2, 0) is 19.1 Å². The molecule has 7 nitrogen and oxygen atoms in total. The smallest absolute Gasteiger partial charge is 0.330 e. The molecule has 0 amide bonds. The monoisotopic (exact) mass is 246 g/mol. The van der Waals surface area contributed by atoms with Crippen molar-refractivity contribution < 1.29 is 24.2 Å². The van der Waals surface area contributed by atoms with Gasteiger partial charge in [-0.2, -0.15) is 0 Å². The Labute approximate surface area is 99.1 Å². The third kappa shape index (κ3) is 5.98. The average Bonchev–Trinajstić information content (AvgIpc) is 2.24. The standard InChI is InChI=1S/C10H18N2O5/c1-5(2)8(12)10(16)17-7(13)4-3-6(11)9(14)15/h5-6,8H,3-4,11-12H2,1-2H3,(H,14,15)/t6-,8?/m0/s1. The molecule has 0 rings (SSSR count). The molecule has 0 saturated carbocycles. The Morgan fingerprint density at radius 1 is 1.24 bits per heavy atom. The molecule has 1 unspecified atom stereocenters. The maximum Gasteiger partial charge on any atom is 0.330 e. The molecule has 0 heterocycles. The summed E-state index contributed by atoms with van der Waals surface area (Å²) < 4.78 is 4.45. The first kappa shape index (κ1) is 15.5. The Balaban J connectivity index is 4.03. The van der Waals surface area contributed by atoms with Crippen molar-refractivity contribution >= 4 is 17.9 Å². The highest BCUT2D eigenvalue weighted by Gasteiger charge is 2.22. The minimum Gasteiger partial charge on any atom is -0.480 e. The predicted octanol–water partition coefficient (Wildman–Crippen LogP) is -0.768. The average molecular weight is 246 g/mol. The van der Waals surface area contributed by atoms with Crippen LogP contribution in [0.4, 0.5) is 0 Å². The molecule has 0 radical (unpaired) electrons. The Morgan fingerprint density at radius 2 is 1.76 bits per heavy atom. The number of carboxylic acid groups (broad SMARTS) is 1. The maximum absolute atomic E-state index is 11.3. The summed E-state index contributed by atoms with van der Waals surface area (Å²) >= 11 is 0. The number of hydrogen-bond donors (Lipinski definition) is 3. The van der Waals surface area contributed by atoms with E-state index in [0.717, 1.165) is 0 Å². The SMILES string of the molecule is CC(C)C(N)C(=O)OC(=O)CC[C@H](N)C(=O)O. The molecule has 0 aliphatic rings. The van der Waals surface area contributed by atoms with Crippen molar-refractivity contribution in [3.05, 3.63) is 0 Å². The van der Waals surface area contributed by atoms with E-state index in [1.807, 2.05) is 0 Å². The summed E-state index contributed by atoms with van der Waals surface area (Å²) in [5.74, 6) is -2.98. The number of aliphatic carboxylic acids is 1. The fraction of sp³-hybridized carbons (Fsp3) is 0.700. The van der Waals surface area contributed by atoms with Gasteiger partial charge < -0.3 is 21.3 Å². The van der Waals surface area contributed by atoms with Gasteiger partial charge >= 0.3 is 17.9 Å². The topological polar surface area (TPSA) is 133 Å². The number of carbonyl (C=O) groups is 3. The van der Waals surface area contributed by atoms with Crippen molar-refractivity contribution in [1.29, 1.82) is 0 Å². The van der Waals surface area contributed by atoms with E-state index >= 15 is 0 Å². The molecule has 5 N–H and O–H groups in total. The van der Waals surface area contributed by atoms with Gasteiger partial charge in [-0.3, -0.25) is 9.59 Å². The molecule has 0 aromatic rings. The first-order chi connectivity index (χ1) is 7.75. The van der Waals surface area contributed by atoms with Crippen molar-refractivity contribution in [1.82, 2.24) is 0 Å². The molecule has 17 heavy (non-hydrogen) atoms. The van der Waals surface area contributed by atoms with E-state index in [4.69, 9.17) is 16.6 Å². The highest BCUT2D eigenvalue weighted by molar-refractivity contribution is 5.88. The fourth-order valence-corrected chi connectivity index (χ4v) is 0.900. The minimum absolute atomic E-state index is 0.0850. The molecule has 0 aromatic carbocycles. The zero-order valence-corrected chi connectivity index (χ0v) is 9.88. The lowest BCUT2D eigenvalue weighted by atomic mass is 10.1. The molecule has 0 spiro atoms. The Hall–Kier alpha value is -1.47. The van der Waals surface area contributed by atoms with Gasteiger partial charge in [0.15, 0.2) is 0 Å². The lowest BCUT2D eigenvalue weighted by Gasteiger charge is -2.13. The summed E-state index contributed by atoms with van der Waals surface area (Å²) in [6.07, 6.45) is -0.317. The van der Waals surface area contributed by atoms with Crippen LogP contribution in [0.5, 0.6) is 0 Å². The summed E-state index contributed by atoms with van der Waals surface area (Å²) in [7, 11) is 0. The largest absolute Gasteiger partial charge is 0.480 e. The second kappa shape index (κ2) is 6.97. The predicted molar refractivity (Wildman–Crippen MR) is 58.8 cm³/mol. The molecule has 0 aliphatic carbocycles. The molecule has 98 valence electrons. The van der Waals surface area contributed by atoms with Crippen molar-refractivity contribution in [2.45, 2.75) is 38.8 Å². The van der Waals surface area contributed by atoms with Crippen LogP contribution in [0.15, 0.2) is 0 Å². The molecule has 0 aliphatic heterocycles. The van der Waals surface area contributed by atoms with E-state index in [1.54, 1.807) is 13.8 Å². The number of esters is 2. The van der Waals surface area contributed by atoms with Crippen LogP contribution in [0.1, 0.15) is 26.7 Å². The highest BCUT2D eigenvalue weighted by Crippen LogP contribution is 2.03. The van der Waals surface area contributed by atoms with E-state index in [1.165, 1.54) is 0 Å². The number of carbonyl (C=O) groups excluding carboxylic acids is 2. The normalized spacial score (nSPS) is 14.2. The highest BCUT2D eigenvalue weighted by atomic mass is 16.6. The fourth-order valence-electron chi connectivity index (χ4n) is 0.900. The quantitative estimate of drug-likeness (QED) is 0.414. The van der Waals surface area contributed by atoms with Crippen LogP contribution >= 0.6 is 0 Å². The van der Waals surface area contributed by atoms with Crippen molar-refractivity contribution in [2.75, 3.05) is 0 Å². The van der Waals surface area contributed by atoms with Crippen LogP contribution in [0.25, 0.3) is 0 Å². The van der Waals surface area contributed by atoms with Gasteiger partial charge in [0.1, 0.15) is 12.1 Å². The first-order valence-electron chi connectivity index (χ1n) is 5.24. The zero-order valence-electron chi connectivity index (χ0n) is 9.88. The molecular formula is C10H18N2O5. The molecule has 0 fully saturated rings. The number of hydrogen-bond acceptors (Lipinski definition) is 6. The lowest BCUT2D eigenvalue weighted by Crippen LogP contribution is -2.38. The van der Waals surface area contributed by atoms with Gasteiger partial charge in [0.05, 0.1) is 0 Å². The third-order valence-corrected chi connectivity index (χ3v) is 2.18. The van der Waals surface area contributed by atoms with E-state index in [9.17, 15) is 14.4 Å². The molecule has 2 atom stereocenters. The zero-order chi connectivity index (χ0) is 13.6. The van der Waals surface area contributed by atoms with Crippen LogP contribution in [0.3, 0.4) is 0 Å². The minimum atomic E-state index is -1.21. The molecular weight excluding hydrogens is 228 g/mol. The van der Waals surface area contributed by atoms with E-state index in [-0.39, 0.29) is 18.8 Å². The summed E-state index contributed by atoms with van der Waals surface area (Å²) in [6, 6.07) is -2.01. The van der Waals surface area contributed by atoms with Crippen LogP contribution in [0, 0.1) is 5.92 Å². The summed E-state index contributed by atoms with van der Waals surface area (Å²) in [4.78, 5) is 32.8. The Morgan fingerprint density at radius 3 is 2.18 bits per heavy atom. The van der Waals surface area contributed by atoms with Gasteiger partial charge in [-0.25, -0.2) is 4.79 Å². The molecule has 0 bridgehead atoms. The Kier molecular flexibility index (Phi) is 6.37. The molecule has 0 aromatic heterocycles. The summed E-state index contributed by atoms with van der Waals surface area (Å²) in [5, 5.41) is 8.47. The third-order valence-electron chi connectivity index (χ3n) is 2.18. The summed E-state index contributed by atoms with van der Waals surface area (Å²) in [6.45, 7) is 3.44. The van der Waals surface area contributed by atoms with Crippen LogP contribution in [-0.4, -0.2) is 35.1 Å². The van der Waals surface area contributed by atoms with Gasteiger partial charge in [-0.05, 0) is 12.3 Å². The van der Waals surface area contributed by atoms with Crippen molar-refractivity contribution in [3.63, 3.8) is 0 Å². The number of ether oxygens (including phenoxy) is 1.